The molecule has 106 valence electrons. The minimum atomic E-state index is -0.498. The van der Waals surface area contributed by atoms with E-state index in [-0.39, 0.29) is 11.3 Å². The van der Waals surface area contributed by atoms with Gasteiger partial charge in [0.2, 0.25) is 0 Å². The predicted molar refractivity (Wildman–Crippen MR) is 75.6 cm³/mol. The van der Waals surface area contributed by atoms with Crippen molar-refractivity contribution >= 4 is 0 Å². The molecule has 1 N–H and O–H groups in total. The summed E-state index contributed by atoms with van der Waals surface area (Å²) in [5.41, 5.74) is 1.01. The molecular formula is C16H24O3. The highest BCUT2D eigenvalue weighted by Gasteiger charge is 2.40. The molecule has 1 fully saturated rings. The maximum absolute atomic E-state index is 10.8. The van der Waals surface area contributed by atoms with E-state index in [9.17, 15) is 5.11 Å². The van der Waals surface area contributed by atoms with Crippen molar-refractivity contribution in [3.8, 4) is 11.5 Å². The summed E-state index contributed by atoms with van der Waals surface area (Å²) in [7, 11) is 3.27. The van der Waals surface area contributed by atoms with Gasteiger partial charge >= 0.3 is 0 Å². The summed E-state index contributed by atoms with van der Waals surface area (Å²) in [6.45, 7) is 4.47. The van der Waals surface area contributed by atoms with E-state index in [1.807, 2.05) is 18.2 Å². The number of benzene rings is 1. The fourth-order valence-corrected chi connectivity index (χ4v) is 3.23. The molecule has 1 aromatic rings. The quantitative estimate of drug-likeness (QED) is 0.903. The first-order valence-corrected chi connectivity index (χ1v) is 6.89. The first kappa shape index (κ1) is 14.2. The van der Waals surface area contributed by atoms with Crippen LogP contribution in [0.15, 0.2) is 18.2 Å². The second kappa shape index (κ2) is 5.41. The molecule has 0 heterocycles. The van der Waals surface area contributed by atoms with Crippen LogP contribution in [0.4, 0.5) is 0 Å². The molecule has 0 spiro atoms. The van der Waals surface area contributed by atoms with Gasteiger partial charge in [-0.1, -0.05) is 20.3 Å². The van der Waals surface area contributed by atoms with E-state index >= 15 is 0 Å². The minimum Gasteiger partial charge on any atom is -0.497 e. The number of ether oxygens (including phenoxy) is 2. The van der Waals surface area contributed by atoms with Crippen molar-refractivity contribution in [2.45, 2.75) is 39.2 Å². The zero-order chi connectivity index (χ0) is 14.0. The van der Waals surface area contributed by atoms with Crippen LogP contribution < -0.4 is 9.47 Å². The number of hydrogen-bond donors (Lipinski definition) is 1. The van der Waals surface area contributed by atoms with Crippen molar-refractivity contribution in [1.29, 1.82) is 0 Å². The second-order valence-corrected chi connectivity index (χ2v) is 6.04. The Morgan fingerprint density at radius 1 is 1.26 bits per heavy atom. The Balaban J connectivity index is 2.34. The van der Waals surface area contributed by atoms with Crippen LogP contribution in [0.1, 0.15) is 44.8 Å². The molecule has 2 unspecified atom stereocenters. The predicted octanol–water partition coefficient (Wildman–Crippen LogP) is 3.56. The zero-order valence-corrected chi connectivity index (χ0v) is 12.3. The van der Waals surface area contributed by atoms with E-state index in [0.717, 1.165) is 23.5 Å². The van der Waals surface area contributed by atoms with Crippen LogP contribution in [0.2, 0.25) is 0 Å². The first-order chi connectivity index (χ1) is 8.99. The second-order valence-electron chi connectivity index (χ2n) is 6.04. The smallest absolute Gasteiger partial charge is 0.124 e. The molecule has 1 aliphatic rings. The molecule has 3 nitrogen and oxygen atoms in total. The van der Waals surface area contributed by atoms with E-state index in [0.29, 0.717) is 0 Å². The average Bonchev–Trinajstić information content (AvgIpc) is 2.76. The summed E-state index contributed by atoms with van der Waals surface area (Å²) in [4.78, 5) is 0. The molecule has 0 radical (unpaired) electrons. The van der Waals surface area contributed by atoms with Crippen molar-refractivity contribution in [3.05, 3.63) is 23.8 Å². The number of rotatable bonds is 4. The average molecular weight is 264 g/mol. The summed E-state index contributed by atoms with van der Waals surface area (Å²) in [6.07, 6.45) is 2.92. The van der Waals surface area contributed by atoms with Crippen LogP contribution in [0, 0.1) is 11.3 Å². The molecule has 0 amide bonds. The van der Waals surface area contributed by atoms with E-state index in [1.165, 1.54) is 12.8 Å². The lowest BCUT2D eigenvalue weighted by atomic mass is 9.76. The van der Waals surface area contributed by atoms with Gasteiger partial charge in [-0.2, -0.15) is 0 Å². The fraction of sp³-hybridized carbons (Fsp3) is 0.625. The highest BCUT2D eigenvalue weighted by Crippen LogP contribution is 2.50. The van der Waals surface area contributed by atoms with Gasteiger partial charge in [0.1, 0.15) is 11.5 Å². The van der Waals surface area contributed by atoms with Crippen molar-refractivity contribution in [2.75, 3.05) is 14.2 Å². The van der Waals surface area contributed by atoms with Crippen molar-refractivity contribution < 1.29 is 14.6 Å². The van der Waals surface area contributed by atoms with Gasteiger partial charge in [-0.15, -0.1) is 0 Å². The summed E-state index contributed by atoms with van der Waals surface area (Å²) in [6, 6.07) is 5.60. The number of aliphatic hydroxyl groups excluding tert-OH is 1. The maximum atomic E-state index is 10.8. The number of aliphatic hydroxyl groups is 1. The number of methoxy groups -OCH3 is 2. The van der Waals surface area contributed by atoms with Gasteiger partial charge in [0.15, 0.2) is 0 Å². The Labute approximate surface area is 115 Å². The Kier molecular flexibility index (Phi) is 4.04. The van der Waals surface area contributed by atoms with Gasteiger partial charge in [-0.25, -0.2) is 0 Å². The fourth-order valence-electron chi connectivity index (χ4n) is 3.23. The Bertz CT molecular complexity index is 440. The van der Waals surface area contributed by atoms with Crippen LogP contribution in [0.3, 0.4) is 0 Å². The molecule has 19 heavy (non-hydrogen) atoms. The summed E-state index contributed by atoms with van der Waals surface area (Å²) in [5, 5.41) is 10.8. The Morgan fingerprint density at radius 3 is 2.53 bits per heavy atom. The Morgan fingerprint density at radius 2 is 2.00 bits per heavy atom. The third-order valence-corrected chi connectivity index (χ3v) is 4.48. The van der Waals surface area contributed by atoms with Gasteiger partial charge in [-0.3, -0.25) is 0 Å². The van der Waals surface area contributed by atoms with E-state index in [2.05, 4.69) is 13.8 Å². The standard InChI is InChI=1S/C16H24O3/c1-16(2)9-5-6-13(16)15(17)12-10-11(18-3)7-8-14(12)19-4/h7-8,10,13,15,17H,5-6,9H2,1-4H3. The zero-order valence-electron chi connectivity index (χ0n) is 12.3. The largest absolute Gasteiger partial charge is 0.497 e. The van der Waals surface area contributed by atoms with Crippen molar-refractivity contribution in [1.82, 2.24) is 0 Å². The topological polar surface area (TPSA) is 38.7 Å². The molecular weight excluding hydrogens is 240 g/mol. The molecule has 2 atom stereocenters. The lowest BCUT2D eigenvalue weighted by Crippen LogP contribution is -2.24. The molecule has 0 aromatic heterocycles. The van der Waals surface area contributed by atoms with Gasteiger partial charge < -0.3 is 14.6 Å². The molecule has 3 heteroatoms. The van der Waals surface area contributed by atoms with Gasteiger partial charge in [0.25, 0.3) is 0 Å². The SMILES string of the molecule is COc1ccc(OC)c(C(O)C2CCCC2(C)C)c1. The van der Waals surface area contributed by atoms with Gasteiger partial charge in [0.05, 0.1) is 20.3 Å². The van der Waals surface area contributed by atoms with E-state index < -0.39 is 6.10 Å². The third-order valence-electron chi connectivity index (χ3n) is 4.48. The van der Waals surface area contributed by atoms with E-state index in [4.69, 9.17) is 9.47 Å². The highest BCUT2D eigenvalue weighted by molar-refractivity contribution is 5.42. The van der Waals surface area contributed by atoms with Crippen LogP contribution in [0.5, 0.6) is 11.5 Å². The lowest BCUT2D eigenvalue weighted by Gasteiger charge is -2.32. The minimum absolute atomic E-state index is 0.174. The maximum Gasteiger partial charge on any atom is 0.124 e. The normalized spacial score (nSPS) is 23.1. The van der Waals surface area contributed by atoms with Crippen molar-refractivity contribution in [2.24, 2.45) is 11.3 Å². The molecule has 1 aromatic carbocycles. The first-order valence-electron chi connectivity index (χ1n) is 6.89. The molecule has 0 saturated heterocycles. The highest BCUT2D eigenvalue weighted by atomic mass is 16.5. The lowest BCUT2D eigenvalue weighted by molar-refractivity contribution is 0.0511. The molecule has 0 bridgehead atoms. The summed E-state index contributed by atoms with van der Waals surface area (Å²) < 4.78 is 10.6. The Hall–Kier alpha value is -1.22. The van der Waals surface area contributed by atoms with Crippen LogP contribution in [-0.2, 0) is 0 Å². The van der Waals surface area contributed by atoms with Crippen LogP contribution in [-0.4, -0.2) is 19.3 Å². The molecule has 1 aliphatic carbocycles. The van der Waals surface area contributed by atoms with Crippen molar-refractivity contribution in [3.63, 3.8) is 0 Å². The number of hydrogen-bond acceptors (Lipinski definition) is 3. The monoisotopic (exact) mass is 264 g/mol. The summed E-state index contributed by atoms with van der Waals surface area (Å²) in [5.74, 6) is 1.76. The summed E-state index contributed by atoms with van der Waals surface area (Å²) >= 11 is 0. The molecule has 2 rings (SSSR count). The van der Waals surface area contributed by atoms with E-state index in [1.54, 1.807) is 14.2 Å². The van der Waals surface area contributed by atoms with Crippen LogP contribution in [0.25, 0.3) is 0 Å². The third kappa shape index (κ3) is 2.71. The molecule has 1 saturated carbocycles. The van der Waals surface area contributed by atoms with Gasteiger partial charge in [-0.05, 0) is 42.4 Å². The van der Waals surface area contributed by atoms with Gasteiger partial charge in [0, 0.05) is 5.56 Å². The molecule has 0 aliphatic heterocycles. The van der Waals surface area contributed by atoms with Crippen LogP contribution >= 0.6 is 0 Å².